The van der Waals surface area contributed by atoms with Gasteiger partial charge in [-0.05, 0) is 42.2 Å². The maximum absolute atomic E-state index is 12.4. The van der Waals surface area contributed by atoms with Gasteiger partial charge in [-0.3, -0.25) is 4.68 Å². The maximum Gasteiger partial charge on any atom is 0.358 e. The molecule has 1 aliphatic carbocycles. The van der Waals surface area contributed by atoms with Crippen LogP contribution in [0.15, 0.2) is 67.3 Å². The predicted octanol–water partition coefficient (Wildman–Crippen LogP) is 3.85. The Morgan fingerprint density at radius 1 is 1.03 bits per heavy atom. The molecule has 4 aromatic rings. The molecule has 160 valence electrons. The van der Waals surface area contributed by atoms with E-state index in [1.807, 2.05) is 35.0 Å². The van der Waals surface area contributed by atoms with E-state index < -0.39 is 5.97 Å². The zero-order valence-corrected chi connectivity index (χ0v) is 17.7. The second kappa shape index (κ2) is 8.63. The number of esters is 1. The number of rotatable bonds is 6. The summed E-state index contributed by atoms with van der Waals surface area (Å²) in [6.07, 6.45) is 6.51. The van der Waals surface area contributed by atoms with E-state index in [1.54, 1.807) is 12.4 Å². The Morgan fingerprint density at radius 2 is 1.84 bits per heavy atom. The van der Waals surface area contributed by atoms with Gasteiger partial charge in [0, 0.05) is 29.1 Å². The van der Waals surface area contributed by atoms with E-state index in [1.165, 1.54) is 19.0 Å². The average Bonchev–Trinajstić information content (AvgIpc) is 3.22. The first-order chi connectivity index (χ1) is 15.7. The van der Waals surface area contributed by atoms with Crippen molar-refractivity contribution in [2.75, 3.05) is 7.11 Å². The minimum Gasteiger partial charge on any atom is -0.489 e. The number of hydrogen-bond acceptors (Lipinski definition) is 6. The van der Waals surface area contributed by atoms with Crippen LogP contribution in [-0.4, -0.2) is 32.8 Å². The number of ether oxygens (including phenoxy) is 2. The molecule has 2 heterocycles. The number of methoxy groups -OCH3 is 1. The van der Waals surface area contributed by atoms with Crippen molar-refractivity contribution >= 4 is 5.97 Å². The summed E-state index contributed by atoms with van der Waals surface area (Å²) in [6.45, 7) is 0.981. The van der Waals surface area contributed by atoms with Crippen LogP contribution in [-0.2, 0) is 30.7 Å². The van der Waals surface area contributed by atoms with E-state index in [-0.39, 0.29) is 0 Å². The highest BCUT2D eigenvalue weighted by Gasteiger charge is 2.29. The minimum atomic E-state index is -0.401. The molecule has 0 fully saturated rings. The zero-order valence-electron chi connectivity index (χ0n) is 17.7. The Balaban J connectivity index is 1.50. The van der Waals surface area contributed by atoms with E-state index in [0.29, 0.717) is 18.8 Å². The Hall–Kier alpha value is -4.00. The number of aryl methyl sites for hydroxylation is 1. The van der Waals surface area contributed by atoms with Gasteiger partial charge in [-0.15, -0.1) is 0 Å². The van der Waals surface area contributed by atoms with Crippen LogP contribution in [0, 0.1) is 0 Å². The number of aromatic nitrogens is 4. The van der Waals surface area contributed by atoms with Crippen LogP contribution in [0.2, 0.25) is 0 Å². The first-order valence-corrected chi connectivity index (χ1v) is 10.4. The summed E-state index contributed by atoms with van der Waals surface area (Å²) < 4.78 is 12.9. The van der Waals surface area contributed by atoms with Crippen molar-refractivity contribution in [3.8, 4) is 17.0 Å². The summed E-state index contributed by atoms with van der Waals surface area (Å²) in [6, 6.07) is 16.2. The Bertz CT molecular complexity index is 1250. The minimum absolute atomic E-state index is 0.397. The quantitative estimate of drug-likeness (QED) is 0.436. The molecular weight excluding hydrogens is 404 g/mol. The standard InChI is InChI=1S/C25H22N4O3/c1-31-25(30)23-22-9-7-19-11-20(32-15-18-12-26-16-27-13-18)8-10-21(19)24(22)29(28-23)14-17-5-3-2-4-6-17/h2-6,8,10-13,16H,7,9,14-15H2,1H3. The van der Waals surface area contributed by atoms with Crippen molar-refractivity contribution in [2.24, 2.45) is 0 Å². The van der Waals surface area contributed by atoms with Gasteiger partial charge in [-0.1, -0.05) is 30.3 Å². The highest BCUT2D eigenvalue weighted by Crippen LogP contribution is 2.37. The molecule has 7 heteroatoms. The molecule has 0 radical (unpaired) electrons. The molecule has 0 aliphatic heterocycles. The van der Waals surface area contributed by atoms with Gasteiger partial charge < -0.3 is 9.47 Å². The van der Waals surface area contributed by atoms with Crippen molar-refractivity contribution in [3.05, 3.63) is 95.2 Å². The molecule has 5 rings (SSSR count). The fourth-order valence-electron chi connectivity index (χ4n) is 4.10. The van der Waals surface area contributed by atoms with Crippen LogP contribution >= 0.6 is 0 Å². The maximum atomic E-state index is 12.4. The van der Waals surface area contributed by atoms with Gasteiger partial charge in [-0.2, -0.15) is 5.10 Å². The van der Waals surface area contributed by atoms with Gasteiger partial charge in [0.25, 0.3) is 0 Å². The SMILES string of the molecule is COC(=O)c1nn(Cc2ccccc2)c2c1CCc1cc(OCc3cncnc3)ccc1-2. The van der Waals surface area contributed by atoms with E-state index in [9.17, 15) is 4.79 Å². The third-order valence-corrected chi connectivity index (χ3v) is 5.60. The molecule has 2 aromatic heterocycles. The summed E-state index contributed by atoms with van der Waals surface area (Å²) in [4.78, 5) is 20.5. The second-order valence-electron chi connectivity index (χ2n) is 7.66. The lowest BCUT2D eigenvalue weighted by Crippen LogP contribution is -2.10. The van der Waals surface area contributed by atoms with Crippen LogP contribution in [0.3, 0.4) is 0 Å². The molecule has 2 aromatic carbocycles. The third kappa shape index (κ3) is 3.85. The highest BCUT2D eigenvalue weighted by molar-refractivity contribution is 5.92. The van der Waals surface area contributed by atoms with Crippen molar-refractivity contribution in [3.63, 3.8) is 0 Å². The molecule has 7 nitrogen and oxygen atoms in total. The fraction of sp³-hybridized carbons (Fsp3) is 0.200. The van der Waals surface area contributed by atoms with Gasteiger partial charge in [0.05, 0.1) is 19.3 Å². The van der Waals surface area contributed by atoms with Crippen LogP contribution in [0.1, 0.15) is 32.7 Å². The molecule has 1 aliphatic rings. The zero-order chi connectivity index (χ0) is 21.9. The summed E-state index contributed by atoms with van der Waals surface area (Å²) in [7, 11) is 1.39. The summed E-state index contributed by atoms with van der Waals surface area (Å²) >= 11 is 0. The van der Waals surface area contributed by atoms with Crippen LogP contribution < -0.4 is 4.74 Å². The Kier molecular flexibility index (Phi) is 5.37. The van der Waals surface area contributed by atoms with Crippen molar-refractivity contribution in [1.82, 2.24) is 19.7 Å². The van der Waals surface area contributed by atoms with E-state index in [4.69, 9.17) is 9.47 Å². The molecule has 0 spiro atoms. The van der Waals surface area contributed by atoms with E-state index in [2.05, 4.69) is 33.3 Å². The molecule has 0 saturated carbocycles. The van der Waals surface area contributed by atoms with Crippen LogP contribution in [0.25, 0.3) is 11.3 Å². The van der Waals surface area contributed by atoms with Gasteiger partial charge >= 0.3 is 5.97 Å². The number of carbonyl (C=O) groups is 1. The van der Waals surface area contributed by atoms with Crippen molar-refractivity contribution < 1.29 is 14.3 Å². The summed E-state index contributed by atoms with van der Waals surface area (Å²) in [5, 5.41) is 4.65. The van der Waals surface area contributed by atoms with Crippen LogP contribution in [0.5, 0.6) is 5.75 Å². The number of hydrogen-bond donors (Lipinski definition) is 0. The molecular formula is C25H22N4O3. The topological polar surface area (TPSA) is 79.1 Å². The highest BCUT2D eigenvalue weighted by atomic mass is 16.5. The van der Waals surface area contributed by atoms with E-state index in [0.717, 1.165) is 46.5 Å². The molecule has 0 bridgehead atoms. The number of benzene rings is 2. The number of carbonyl (C=O) groups excluding carboxylic acids is 1. The molecule has 0 atom stereocenters. The van der Waals surface area contributed by atoms with Crippen LogP contribution in [0.4, 0.5) is 0 Å². The third-order valence-electron chi connectivity index (χ3n) is 5.60. The van der Waals surface area contributed by atoms with Gasteiger partial charge in [0.15, 0.2) is 5.69 Å². The van der Waals surface area contributed by atoms with Gasteiger partial charge in [0.1, 0.15) is 18.7 Å². The fourth-order valence-corrected chi connectivity index (χ4v) is 4.10. The Labute approximate surface area is 185 Å². The molecule has 0 N–H and O–H groups in total. The molecule has 0 unspecified atom stereocenters. The largest absolute Gasteiger partial charge is 0.489 e. The summed E-state index contributed by atoms with van der Waals surface area (Å²) in [5.74, 6) is 0.389. The molecule has 32 heavy (non-hydrogen) atoms. The second-order valence-corrected chi connectivity index (χ2v) is 7.66. The number of nitrogens with zero attached hydrogens (tertiary/aromatic N) is 4. The monoisotopic (exact) mass is 426 g/mol. The van der Waals surface area contributed by atoms with Crippen molar-refractivity contribution in [1.29, 1.82) is 0 Å². The molecule has 0 saturated heterocycles. The number of fused-ring (bicyclic) bond motifs is 3. The summed E-state index contributed by atoms with van der Waals surface area (Å²) in [5.41, 5.74) is 6.58. The average molecular weight is 426 g/mol. The van der Waals surface area contributed by atoms with E-state index >= 15 is 0 Å². The first kappa shape index (κ1) is 19.9. The lowest BCUT2D eigenvalue weighted by molar-refractivity contribution is 0.0591. The lowest BCUT2D eigenvalue weighted by atomic mass is 9.88. The smallest absolute Gasteiger partial charge is 0.358 e. The first-order valence-electron chi connectivity index (χ1n) is 10.4. The predicted molar refractivity (Wildman–Crippen MR) is 118 cm³/mol. The molecule has 0 amide bonds. The lowest BCUT2D eigenvalue weighted by Gasteiger charge is -2.20. The van der Waals surface area contributed by atoms with Gasteiger partial charge in [-0.25, -0.2) is 14.8 Å². The Morgan fingerprint density at radius 3 is 2.62 bits per heavy atom. The van der Waals surface area contributed by atoms with Gasteiger partial charge in [0.2, 0.25) is 0 Å². The van der Waals surface area contributed by atoms with Crippen molar-refractivity contribution in [2.45, 2.75) is 26.0 Å². The normalized spacial score (nSPS) is 12.0.